The highest BCUT2D eigenvalue weighted by Crippen LogP contribution is 2.27. The Morgan fingerprint density at radius 2 is 1.89 bits per heavy atom. The highest BCUT2D eigenvalue weighted by molar-refractivity contribution is 6.28. The molecular weight excluding hydrogens is 362 g/mol. The molecule has 1 saturated carbocycles. The Hall–Kier alpha value is -1.37. The number of hydrogen-bond donors (Lipinski definition) is 2. The van der Waals surface area contributed by atoms with Crippen LogP contribution in [0, 0.1) is 0 Å². The Kier molecular flexibility index (Phi) is 9.87. The van der Waals surface area contributed by atoms with Gasteiger partial charge in [-0.1, -0.05) is 33.1 Å². The van der Waals surface area contributed by atoms with Gasteiger partial charge in [-0.2, -0.15) is 4.98 Å². The molecule has 0 unspecified atom stereocenters. The summed E-state index contributed by atoms with van der Waals surface area (Å²) < 4.78 is 7.17. The van der Waals surface area contributed by atoms with E-state index >= 15 is 0 Å². The van der Waals surface area contributed by atoms with Crippen LogP contribution in [-0.2, 0) is 11.3 Å². The number of ether oxygens (including phenoxy) is 1. The molecule has 6 nitrogen and oxygen atoms in total. The van der Waals surface area contributed by atoms with Crippen LogP contribution in [0.2, 0.25) is 5.28 Å². The molecule has 0 amide bonds. The van der Waals surface area contributed by atoms with Gasteiger partial charge in [0, 0.05) is 31.9 Å². The first kappa shape index (κ1) is 21.9. The van der Waals surface area contributed by atoms with E-state index in [1.54, 1.807) is 0 Å². The van der Waals surface area contributed by atoms with Gasteiger partial charge < -0.3 is 19.9 Å². The van der Waals surface area contributed by atoms with Crippen LogP contribution in [-0.4, -0.2) is 46.9 Å². The fourth-order valence-electron chi connectivity index (χ4n) is 3.40. The molecular formula is C20H34ClN5O. The van der Waals surface area contributed by atoms with Crippen molar-refractivity contribution in [2.45, 2.75) is 65.5 Å². The van der Waals surface area contributed by atoms with Crippen molar-refractivity contribution in [3.05, 3.63) is 17.5 Å². The molecule has 2 fully saturated rings. The van der Waals surface area contributed by atoms with E-state index in [4.69, 9.17) is 16.3 Å². The minimum atomic E-state index is 0.319. The van der Waals surface area contributed by atoms with E-state index in [1.807, 2.05) is 26.1 Å². The Balaban J connectivity index is 0.000000275. The lowest BCUT2D eigenvalue weighted by Gasteiger charge is -2.23. The van der Waals surface area contributed by atoms with Crippen LogP contribution >= 0.6 is 11.6 Å². The lowest BCUT2D eigenvalue weighted by Crippen LogP contribution is -2.30. The van der Waals surface area contributed by atoms with Gasteiger partial charge in [0.15, 0.2) is 5.82 Å². The van der Waals surface area contributed by atoms with Crippen molar-refractivity contribution in [1.82, 2.24) is 19.9 Å². The molecule has 2 aliphatic rings. The molecule has 1 aliphatic carbocycles. The minimum absolute atomic E-state index is 0.319. The fraction of sp³-hybridized carbons (Fsp3) is 0.700. The lowest BCUT2D eigenvalue weighted by molar-refractivity contribution is 0.109. The second-order valence-electron chi connectivity index (χ2n) is 6.52. The van der Waals surface area contributed by atoms with Crippen molar-refractivity contribution in [2.24, 2.45) is 0 Å². The predicted molar refractivity (Wildman–Crippen MR) is 114 cm³/mol. The summed E-state index contributed by atoms with van der Waals surface area (Å²) in [5, 5.41) is 7.05. The van der Waals surface area contributed by atoms with Crippen molar-refractivity contribution in [2.75, 3.05) is 31.6 Å². The van der Waals surface area contributed by atoms with Crippen LogP contribution in [0.5, 0.6) is 0 Å². The molecule has 0 aromatic carbocycles. The van der Waals surface area contributed by atoms with E-state index in [-0.39, 0.29) is 0 Å². The third-order valence-corrected chi connectivity index (χ3v) is 4.89. The largest absolute Gasteiger partial charge is 0.379 e. The van der Waals surface area contributed by atoms with E-state index in [2.05, 4.69) is 32.1 Å². The van der Waals surface area contributed by atoms with Gasteiger partial charge in [0.1, 0.15) is 5.52 Å². The second kappa shape index (κ2) is 12.2. The molecule has 3 heterocycles. The van der Waals surface area contributed by atoms with Crippen LogP contribution in [0.1, 0.15) is 52.9 Å². The molecule has 0 atom stereocenters. The van der Waals surface area contributed by atoms with Crippen LogP contribution in [0.4, 0.5) is 5.82 Å². The molecule has 1 aliphatic heterocycles. The summed E-state index contributed by atoms with van der Waals surface area (Å²) in [4.78, 5) is 8.69. The number of halogens is 1. The number of nitrogens with one attached hydrogen (secondary N) is 2. The number of morpholine rings is 1. The van der Waals surface area contributed by atoms with Gasteiger partial charge >= 0.3 is 0 Å². The molecule has 7 heteroatoms. The number of aromatic nitrogens is 3. The van der Waals surface area contributed by atoms with Gasteiger partial charge in [-0.05, 0) is 37.4 Å². The van der Waals surface area contributed by atoms with Crippen LogP contribution in [0.15, 0.2) is 12.3 Å². The number of aryl methyl sites for hydroxylation is 1. The molecule has 152 valence electrons. The Bertz CT molecular complexity index is 654. The van der Waals surface area contributed by atoms with Crippen molar-refractivity contribution in [3.63, 3.8) is 0 Å². The summed E-state index contributed by atoms with van der Waals surface area (Å²) in [7, 11) is 0. The molecule has 27 heavy (non-hydrogen) atoms. The van der Waals surface area contributed by atoms with E-state index in [9.17, 15) is 0 Å². The SMILES string of the molecule is C1COCCN1.CC.CCn1ccc2nc(Cl)nc(NC3CCCCC3)c21. The quantitative estimate of drug-likeness (QED) is 0.750. The Labute approximate surface area is 168 Å². The summed E-state index contributed by atoms with van der Waals surface area (Å²) in [6, 6.07) is 2.52. The first-order chi connectivity index (χ1) is 13.3. The van der Waals surface area contributed by atoms with Crippen LogP contribution in [0.25, 0.3) is 11.0 Å². The molecule has 2 aromatic heterocycles. The molecule has 1 saturated heterocycles. The number of fused-ring (bicyclic) bond motifs is 1. The number of anilines is 1. The first-order valence-corrected chi connectivity index (χ1v) is 10.7. The van der Waals surface area contributed by atoms with Gasteiger partial charge in [-0.3, -0.25) is 0 Å². The molecule has 0 radical (unpaired) electrons. The van der Waals surface area contributed by atoms with Crippen LogP contribution < -0.4 is 10.6 Å². The number of nitrogens with zero attached hydrogens (tertiary/aromatic N) is 3. The van der Waals surface area contributed by atoms with E-state index in [0.717, 1.165) is 49.7 Å². The average molecular weight is 396 g/mol. The van der Waals surface area contributed by atoms with Crippen LogP contribution in [0.3, 0.4) is 0 Å². The summed E-state index contributed by atoms with van der Waals surface area (Å²) in [6.45, 7) is 10.9. The van der Waals surface area contributed by atoms with Crippen molar-refractivity contribution >= 4 is 28.5 Å². The highest BCUT2D eigenvalue weighted by atomic mass is 35.5. The standard InChI is InChI=1S/C14H19ClN4.C4H9NO.C2H6/c1-2-19-9-8-11-12(19)13(18-14(15)17-11)16-10-6-4-3-5-7-10;1-3-6-4-2-5-1;1-2/h8-10H,2-7H2,1H3,(H,16,17,18);5H,1-4H2;1-2H3. The van der Waals surface area contributed by atoms with Gasteiger partial charge in [0.2, 0.25) is 5.28 Å². The maximum atomic E-state index is 6.02. The van der Waals surface area contributed by atoms with Crippen molar-refractivity contribution in [1.29, 1.82) is 0 Å². The second-order valence-corrected chi connectivity index (χ2v) is 6.86. The summed E-state index contributed by atoms with van der Waals surface area (Å²) in [5.74, 6) is 0.883. The van der Waals surface area contributed by atoms with Gasteiger partial charge in [0.05, 0.1) is 18.7 Å². The molecule has 4 rings (SSSR count). The third kappa shape index (κ3) is 6.63. The Morgan fingerprint density at radius 1 is 1.19 bits per heavy atom. The van der Waals surface area contributed by atoms with Crippen molar-refractivity contribution < 1.29 is 4.74 Å². The molecule has 0 bridgehead atoms. The third-order valence-electron chi connectivity index (χ3n) is 4.72. The predicted octanol–water partition coefficient (Wildman–Crippen LogP) is 4.48. The number of rotatable bonds is 3. The number of hydrogen-bond acceptors (Lipinski definition) is 5. The van der Waals surface area contributed by atoms with Gasteiger partial charge in [0.25, 0.3) is 0 Å². The normalized spacial score (nSPS) is 17.5. The van der Waals surface area contributed by atoms with Gasteiger partial charge in [-0.25, -0.2) is 4.98 Å². The maximum Gasteiger partial charge on any atom is 0.225 e. The smallest absolute Gasteiger partial charge is 0.225 e. The van der Waals surface area contributed by atoms with E-state index < -0.39 is 0 Å². The van der Waals surface area contributed by atoms with E-state index in [0.29, 0.717) is 11.3 Å². The first-order valence-electron chi connectivity index (χ1n) is 10.4. The molecule has 0 spiro atoms. The zero-order valence-electron chi connectivity index (χ0n) is 16.9. The zero-order chi connectivity index (χ0) is 19.5. The van der Waals surface area contributed by atoms with Gasteiger partial charge in [-0.15, -0.1) is 0 Å². The highest BCUT2D eigenvalue weighted by Gasteiger charge is 2.17. The van der Waals surface area contributed by atoms with Crippen molar-refractivity contribution in [3.8, 4) is 0 Å². The Morgan fingerprint density at radius 3 is 2.44 bits per heavy atom. The summed E-state index contributed by atoms with van der Waals surface area (Å²) >= 11 is 6.02. The minimum Gasteiger partial charge on any atom is -0.379 e. The zero-order valence-corrected chi connectivity index (χ0v) is 17.7. The fourth-order valence-corrected chi connectivity index (χ4v) is 3.57. The average Bonchev–Trinajstić information content (AvgIpc) is 3.15. The molecule has 2 N–H and O–H groups in total. The molecule has 2 aromatic rings. The summed E-state index contributed by atoms with van der Waals surface area (Å²) in [5.41, 5.74) is 1.98. The topological polar surface area (TPSA) is 64.0 Å². The lowest BCUT2D eigenvalue weighted by atomic mass is 9.95. The summed E-state index contributed by atoms with van der Waals surface area (Å²) in [6.07, 6.45) is 8.43. The maximum absolute atomic E-state index is 6.02. The van der Waals surface area contributed by atoms with E-state index in [1.165, 1.54) is 32.1 Å². The monoisotopic (exact) mass is 395 g/mol.